The van der Waals surface area contributed by atoms with Crippen molar-refractivity contribution in [3.8, 4) is 5.75 Å². The smallest absolute Gasteiger partial charge is 0.347 e. The van der Waals surface area contributed by atoms with Crippen LogP contribution in [0.4, 0.5) is 0 Å². The molecule has 3 nitrogen and oxygen atoms in total. The van der Waals surface area contributed by atoms with Gasteiger partial charge in [-0.1, -0.05) is 31.4 Å². The average Bonchev–Trinajstić information content (AvgIpc) is 2.49. The van der Waals surface area contributed by atoms with Crippen molar-refractivity contribution in [2.45, 2.75) is 58.0 Å². The highest BCUT2D eigenvalue weighted by molar-refractivity contribution is 5.74. The molecule has 0 saturated heterocycles. The van der Waals surface area contributed by atoms with Crippen molar-refractivity contribution >= 4 is 5.97 Å². The first-order valence-electron chi connectivity index (χ1n) is 7.64. The number of hydrogen-bond donors (Lipinski definition) is 0. The van der Waals surface area contributed by atoms with Gasteiger partial charge >= 0.3 is 5.97 Å². The lowest BCUT2D eigenvalue weighted by Crippen LogP contribution is -2.26. The molecule has 0 radical (unpaired) electrons. The minimum Gasteiger partial charge on any atom is -0.479 e. The molecular formula is C17H24O3. The normalized spacial score (nSPS) is 17.5. The molecule has 0 amide bonds. The Morgan fingerprint density at radius 2 is 1.85 bits per heavy atom. The van der Waals surface area contributed by atoms with Crippen LogP contribution in [0.1, 0.15) is 57.4 Å². The second-order valence-electron chi connectivity index (χ2n) is 5.42. The third kappa shape index (κ3) is 3.99. The van der Waals surface area contributed by atoms with Crippen LogP contribution in [0.2, 0.25) is 0 Å². The molecule has 1 atom stereocenters. The summed E-state index contributed by atoms with van der Waals surface area (Å²) in [5.41, 5.74) is 1.39. The number of carbonyl (C=O) groups excluding carboxylic acids is 1. The minimum absolute atomic E-state index is 0.316. The van der Waals surface area contributed by atoms with Gasteiger partial charge in [-0.2, -0.15) is 0 Å². The van der Waals surface area contributed by atoms with E-state index in [1.165, 1.54) is 37.7 Å². The molecule has 1 fully saturated rings. The van der Waals surface area contributed by atoms with E-state index in [0.717, 1.165) is 5.75 Å². The predicted molar refractivity (Wildman–Crippen MR) is 79.0 cm³/mol. The zero-order valence-corrected chi connectivity index (χ0v) is 12.4. The Morgan fingerprint density at radius 1 is 1.20 bits per heavy atom. The molecule has 0 aliphatic heterocycles. The van der Waals surface area contributed by atoms with E-state index in [2.05, 4.69) is 12.1 Å². The Morgan fingerprint density at radius 3 is 2.45 bits per heavy atom. The maximum atomic E-state index is 11.5. The van der Waals surface area contributed by atoms with Gasteiger partial charge in [0, 0.05) is 0 Å². The molecular weight excluding hydrogens is 252 g/mol. The van der Waals surface area contributed by atoms with E-state index in [1.807, 2.05) is 12.1 Å². The van der Waals surface area contributed by atoms with Crippen molar-refractivity contribution in [2.24, 2.45) is 0 Å². The quantitative estimate of drug-likeness (QED) is 0.761. The van der Waals surface area contributed by atoms with Gasteiger partial charge in [0.25, 0.3) is 0 Å². The van der Waals surface area contributed by atoms with E-state index in [1.54, 1.807) is 13.8 Å². The largest absolute Gasteiger partial charge is 0.479 e. The van der Waals surface area contributed by atoms with E-state index < -0.39 is 6.10 Å². The second kappa shape index (κ2) is 7.32. The number of esters is 1. The lowest BCUT2D eigenvalue weighted by molar-refractivity contribution is -0.150. The molecule has 1 aliphatic rings. The van der Waals surface area contributed by atoms with Crippen LogP contribution in [0.15, 0.2) is 24.3 Å². The van der Waals surface area contributed by atoms with E-state index in [0.29, 0.717) is 12.5 Å². The third-order valence-corrected chi connectivity index (χ3v) is 3.89. The number of rotatable bonds is 5. The monoisotopic (exact) mass is 276 g/mol. The molecule has 0 heterocycles. The first-order valence-corrected chi connectivity index (χ1v) is 7.64. The zero-order chi connectivity index (χ0) is 14.4. The molecule has 110 valence electrons. The van der Waals surface area contributed by atoms with Crippen molar-refractivity contribution < 1.29 is 14.3 Å². The highest BCUT2D eigenvalue weighted by atomic mass is 16.6. The summed E-state index contributed by atoms with van der Waals surface area (Å²) in [6.07, 6.45) is 6.06. The van der Waals surface area contributed by atoms with Gasteiger partial charge in [-0.3, -0.25) is 0 Å². The summed E-state index contributed by atoms with van der Waals surface area (Å²) >= 11 is 0. The molecule has 1 aromatic carbocycles. The van der Waals surface area contributed by atoms with E-state index >= 15 is 0 Å². The van der Waals surface area contributed by atoms with E-state index in [-0.39, 0.29) is 5.97 Å². The summed E-state index contributed by atoms with van der Waals surface area (Å²) < 4.78 is 10.5. The summed E-state index contributed by atoms with van der Waals surface area (Å²) in [5.74, 6) is 1.11. The Hall–Kier alpha value is -1.51. The number of carbonyl (C=O) groups is 1. The lowest BCUT2D eigenvalue weighted by atomic mass is 9.84. The van der Waals surface area contributed by atoms with Gasteiger partial charge in [0.15, 0.2) is 6.10 Å². The van der Waals surface area contributed by atoms with Crippen molar-refractivity contribution in [3.05, 3.63) is 29.8 Å². The van der Waals surface area contributed by atoms with Crippen molar-refractivity contribution in [1.82, 2.24) is 0 Å². The van der Waals surface area contributed by atoms with Crippen molar-refractivity contribution in [3.63, 3.8) is 0 Å². The molecule has 0 aromatic heterocycles. The minimum atomic E-state index is -0.560. The highest BCUT2D eigenvalue weighted by Crippen LogP contribution is 2.33. The van der Waals surface area contributed by atoms with Crippen LogP contribution in [-0.4, -0.2) is 18.7 Å². The zero-order valence-electron chi connectivity index (χ0n) is 12.4. The second-order valence-corrected chi connectivity index (χ2v) is 5.42. The van der Waals surface area contributed by atoms with Crippen molar-refractivity contribution in [1.29, 1.82) is 0 Å². The molecule has 3 heteroatoms. The number of hydrogen-bond acceptors (Lipinski definition) is 3. The van der Waals surface area contributed by atoms with Crippen molar-refractivity contribution in [2.75, 3.05) is 6.61 Å². The fraction of sp³-hybridized carbons (Fsp3) is 0.588. The maximum Gasteiger partial charge on any atom is 0.347 e. The molecule has 1 aliphatic carbocycles. The summed E-state index contributed by atoms with van der Waals surface area (Å²) in [6.45, 7) is 3.89. The van der Waals surface area contributed by atoms with Crippen LogP contribution in [0, 0.1) is 0 Å². The van der Waals surface area contributed by atoms with Gasteiger partial charge in [-0.05, 0) is 50.3 Å². The van der Waals surface area contributed by atoms with Gasteiger partial charge in [0.05, 0.1) is 6.61 Å². The predicted octanol–water partition coefficient (Wildman–Crippen LogP) is 4.06. The number of benzene rings is 1. The molecule has 1 aromatic rings. The van der Waals surface area contributed by atoms with Crippen LogP contribution in [-0.2, 0) is 9.53 Å². The molecule has 1 saturated carbocycles. The van der Waals surface area contributed by atoms with E-state index in [9.17, 15) is 4.79 Å². The van der Waals surface area contributed by atoms with Crippen LogP contribution < -0.4 is 4.74 Å². The standard InChI is InChI=1S/C17H24O3/c1-3-19-17(18)13(2)20-16-11-9-15(10-12-16)14-7-5-4-6-8-14/h9-14H,3-8H2,1-2H3. The van der Waals surface area contributed by atoms with Crippen LogP contribution >= 0.6 is 0 Å². The summed E-state index contributed by atoms with van der Waals surface area (Å²) in [7, 11) is 0. The average molecular weight is 276 g/mol. The molecule has 20 heavy (non-hydrogen) atoms. The van der Waals surface area contributed by atoms with Crippen LogP contribution in [0.25, 0.3) is 0 Å². The van der Waals surface area contributed by atoms with Crippen LogP contribution in [0.3, 0.4) is 0 Å². The lowest BCUT2D eigenvalue weighted by Gasteiger charge is -2.22. The SMILES string of the molecule is CCOC(=O)C(C)Oc1ccc(C2CCCCC2)cc1. The Labute approximate surface area is 121 Å². The van der Waals surface area contributed by atoms with Gasteiger partial charge in [0.2, 0.25) is 0 Å². The van der Waals surface area contributed by atoms with Gasteiger partial charge in [-0.15, -0.1) is 0 Å². The molecule has 0 bridgehead atoms. The summed E-state index contributed by atoms with van der Waals surface area (Å²) in [4.78, 5) is 11.5. The summed E-state index contributed by atoms with van der Waals surface area (Å²) in [6, 6.07) is 8.17. The van der Waals surface area contributed by atoms with Gasteiger partial charge in [-0.25, -0.2) is 4.79 Å². The van der Waals surface area contributed by atoms with Crippen LogP contribution in [0.5, 0.6) is 5.75 Å². The Bertz CT molecular complexity index is 418. The Balaban J connectivity index is 1.92. The summed E-state index contributed by atoms with van der Waals surface area (Å²) in [5, 5.41) is 0. The molecule has 2 rings (SSSR count). The first kappa shape index (κ1) is 14.9. The Kier molecular flexibility index (Phi) is 5.45. The first-order chi connectivity index (χ1) is 9.70. The van der Waals surface area contributed by atoms with E-state index in [4.69, 9.17) is 9.47 Å². The highest BCUT2D eigenvalue weighted by Gasteiger charge is 2.17. The fourth-order valence-electron chi connectivity index (χ4n) is 2.77. The maximum absolute atomic E-state index is 11.5. The topological polar surface area (TPSA) is 35.5 Å². The molecule has 0 N–H and O–H groups in total. The molecule has 1 unspecified atom stereocenters. The fourth-order valence-corrected chi connectivity index (χ4v) is 2.77. The van der Waals surface area contributed by atoms with Gasteiger partial charge < -0.3 is 9.47 Å². The third-order valence-electron chi connectivity index (χ3n) is 3.89. The molecule has 0 spiro atoms. The van der Waals surface area contributed by atoms with Gasteiger partial charge in [0.1, 0.15) is 5.75 Å². The number of ether oxygens (including phenoxy) is 2.